The lowest BCUT2D eigenvalue weighted by Crippen LogP contribution is -2.30. The molecule has 4 aromatic rings. The van der Waals surface area contributed by atoms with Crippen molar-refractivity contribution in [2.75, 3.05) is 29.9 Å². The van der Waals surface area contributed by atoms with Crippen molar-refractivity contribution in [2.45, 2.75) is 13.6 Å². The van der Waals surface area contributed by atoms with Crippen molar-refractivity contribution in [2.24, 2.45) is 5.73 Å². The Bertz CT molecular complexity index is 1020. The van der Waals surface area contributed by atoms with Gasteiger partial charge in [-0.15, -0.1) is 0 Å². The predicted octanol–water partition coefficient (Wildman–Crippen LogP) is 2.54. The number of nitrogens with one attached hydrogen (secondary N) is 1. The minimum Gasteiger partial charge on any atom is -0.368 e. The number of nitrogens with zero attached hydrogens (tertiary/aromatic N) is 5. The van der Waals surface area contributed by atoms with E-state index >= 15 is 0 Å². The number of hydrogen-bond acceptors (Lipinski definition) is 5. The summed E-state index contributed by atoms with van der Waals surface area (Å²) in [6.45, 7) is 5.17. The van der Waals surface area contributed by atoms with Crippen molar-refractivity contribution in [3.63, 3.8) is 0 Å². The van der Waals surface area contributed by atoms with E-state index in [2.05, 4.69) is 43.6 Å². The number of imidazole rings is 1. The Hall–Kier alpha value is -3.06. The molecule has 0 aromatic carbocycles. The quantitative estimate of drug-likeness (QED) is 0.536. The molecule has 0 amide bonds. The molecule has 0 unspecified atom stereocenters. The molecule has 0 atom stereocenters. The summed E-state index contributed by atoms with van der Waals surface area (Å²) in [6.07, 6.45) is 5.79. The minimum atomic E-state index is 0.429. The summed E-state index contributed by atoms with van der Waals surface area (Å²) in [6, 6.07) is 12.3. The predicted molar refractivity (Wildman–Crippen MR) is 105 cm³/mol. The number of rotatable bonds is 7. The van der Waals surface area contributed by atoms with Crippen LogP contribution in [0.4, 0.5) is 11.6 Å². The third-order valence-electron chi connectivity index (χ3n) is 4.61. The molecule has 0 saturated heterocycles. The van der Waals surface area contributed by atoms with Gasteiger partial charge in [0.05, 0.1) is 6.67 Å². The van der Waals surface area contributed by atoms with E-state index < -0.39 is 0 Å². The number of likely N-dealkylation sites (N-methyl/N-ethyl adjacent to an activating group) is 1. The van der Waals surface area contributed by atoms with Crippen LogP contribution >= 0.6 is 0 Å². The van der Waals surface area contributed by atoms with Gasteiger partial charge in [0.1, 0.15) is 22.9 Å². The molecule has 134 valence electrons. The lowest BCUT2D eigenvalue weighted by atomic mass is 10.3. The normalized spacial score (nSPS) is 11.3. The maximum Gasteiger partial charge on any atom is 0.143 e. The van der Waals surface area contributed by atoms with Crippen LogP contribution in [0.15, 0.2) is 55.0 Å². The third-order valence-corrected chi connectivity index (χ3v) is 4.61. The molecule has 7 nitrogen and oxygen atoms in total. The smallest absolute Gasteiger partial charge is 0.143 e. The fraction of sp³-hybridized carbons (Fsp3) is 0.263. The van der Waals surface area contributed by atoms with Gasteiger partial charge in [0.15, 0.2) is 0 Å². The zero-order valence-corrected chi connectivity index (χ0v) is 14.8. The number of nitrogens with two attached hydrogens (primary N) is 1. The Morgan fingerprint density at radius 2 is 2.08 bits per heavy atom. The van der Waals surface area contributed by atoms with Crippen molar-refractivity contribution >= 4 is 28.3 Å². The summed E-state index contributed by atoms with van der Waals surface area (Å²) >= 11 is 0. The summed E-state index contributed by atoms with van der Waals surface area (Å²) in [4.78, 5) is 11.4. The molecule has 0 spiro atoms. The van der Waals surface area contributed by atoms with Crippen LogP contribution in [0.3, 0.4) is 0 Å². The second kappa shape index (κ2) is 7.05. The zero-order chi connectivity index (χ0) is 17.9. The van der Waals surface area contributed by atoms with E-state index in [1.54, 1.807) is 0 Å². The van der Waals surface area contributed by atoms with Gasteiger partial charge >= 0.3 is 0 Å². The largest absolute Gasteiger partial charge is 0.368 e. The number of aromatic nitrogens is 4. The van der Waals surface area contributed by atoms with Crippen molar-refractivity contribution in [3.05, 3.63) is 55.0 Å². The first-order chi connectivity index (χ1) is 12.8. The third kappa shape index (κ3) is 2.97. The highest BCUT2D eigenvalue weighted by Crippen LogP contribution is 2.18. The Kier molecular flexibility index (Phi) is 4.45. The molecule has 0 aliphatic carbocycles. The van der Waals surface area contributed by atoms with E-state index in [0.717, 1.165) is 48.0 Å². The molecule has 0 fully saturated rings. The Labute approximate surface area is 152 Å². The molecule has 7 heteroatoms. The van der Waals surface area contributed by atoms with E-state index in [0.29, 0.717) is 6.67 Å². The lowest BCUT2D eigenvalue weighted by Gasteiger charge is -2.24. The molecule has 3 N–H and O–H groups in total. The van der Waals surface area contributed by atoms with Crippen molar-refractivity contribution < 1.29 is 0 Å². The van der Waals surface area contributed by atoms with Crippen LogP contribution in [-0.4, -0.2) is 38.6 Å². The first-order valence-corrected chi connectivity index (χ1v) is 8.87. The molecular weight excluding hydrogens is 326 g/mol. The van der Waals surface area contributed by atoms with Crippen LogP contribution in [0.2, 0.25) is 0 Å². The second-order valence-electron chi connectivity index (χ2n) is 6.12. The monoisotopic (exact) mass is 349 g/mol. The average Bonchev–Trinajstić information content (AvgIpc) is 3.31. The lowest BCUT2D eigenvalue weighted by molar-refractivity contribution is 0.755. The number of anilines is 2. The van der Waals surface area contributed by atoms with Crippen molar-refractivity contribution in [3.8, 4) is 0 Å². The summed E-state index contributed by atoms with van der Waals surface area (Å²) in [7, 11) is 0. The number of fused-ring (bicyclic) bond motifs is 2. The van der Waals surface area contributed by atoms with E-state index in [1.165, 1.54) is 0 Å². The molecule has 0 bridgehead atoms. The van der Waals surface area contributed by atoms with Gasteiger partial charge in [0.25, 0.3) is 0 Å². The number of hydrogen-bond donors (Lipinski definition) is 2. The van der Waals surface area contributed by atoms with Gasteiger partial charge in [0, 0.05) is 43.6 Å². The fourth-order valence-corrected chi connectivity index (χ4v) is 3.25. The van der Waals surface area contributed by atoms with Crippen molar-refractivity contribution in [1.82, 2.24) is 18.9 Å². The van der Waals surface area contributed by atoms with Crippen LogP contribution in [0, 0.1) is 0 Å². The molecule has 4 aromatic heterocycles. The van der Waals surface area contributed by atoms with Gasteiger partial charge in [0.2, 0.25) is 0 Å². The van der Waals surface area contributed by atoms with E-state index in [1.807, 2.05) is 47.4 Å². The highest BCUT2D eigenvalue weighted by Gasteiger charge is 2.09. The van der Waals surface area contributed by atoms with Crippen LogP contribution < -0.4 is 16.0 Å². The van der Waals surface area contributed by atoms with Gasteiger partial charge in [-0.1, -0.05) is 6.07 Å². The Morgan fingerprint density at radius 3 is 2.92 bits per heavy atom. The van der Waals surface area contributed by atoms with Crippen LogP contribution in [0.1, 0.15) is 6.92 Å². The summed E-state index contributed by atoms with van der Waals surface area (Å²) in [5.41, 5.74) is 7.63. The zero-order valence-electron chi connectivity index (χ0n) is 14.8. The van der Waals surface area contributed by atoms with Crippen LogP contribution in [0.25, 0.3) is 16.7 Å². The minimum absolute atomic E-state index is 0.429. The topological polar surface area (TPSA) is 76.4 Å². The van der Waals surface area contributed by atoms with Crippen LogP contribution in [0.5, 0.6) is 0 Å². The SMILES string of the molecule is CCN(CCNc1ccc2ccn(CN)c2n1)c1cccc2nccn12. The maximum absolute atomic E-state index is 5.76. The molecule has 0 aliphatic rings. The Morgan fingerprint density at radius 1 is 1.15 bits per heavy atom. The summed E-state index contributed by atoms with van der Waals surface area (Å²) in [5, 5.41) is 4.52. The van der Waals surface area contributed by atoms with Gasteiger partial charge < -0.3 is 20.5 Å². The highest BCUT2D eigenvalue weighted by atomic mass is 15.2. The van der Waals surface area contributed by atoms with E-state index in [4.69, 9.17) is 5.73 Å². The standard InChI is InChI=1S/C19H23N7/c1-2-24(18-5-3-4-17-22-10-13-26(17)18)12-9-21-16-7-6-15-8-11-25(14-20)19(15)23-16/h3-8,10-11,13H,2,9,12,14,20H2,1H3,(H,21,23). The van der Waals surface area contributed by atoms with E-state index in [-0.39, 0.29) is 0 Å². The molecule has 0 aliphatic heterocycles. The summed E-state index contributed by atoms with van der Waals surface area (Å²) < 4.78 is 4.06. The summed E-state index contributed by atoms with van der Waals surface area (Å²) in [5.74, 6) is 2.01. The first-order valence-electron chi connectivity index (χ1n) is 8.87. The van der Waals surface area contributed by atoms with E-state index in [9.17, 15) is 0 Å². The van der Waals surface area contributed by atoms with Gasteiger partial charge in [-0.2, -0.15) is 0 Å². The second-order valence-corrected chi connectivity index (χ2v) is 6.12. The van der Waals surface area contributed by atoms with Gasteiger partial charge in [-0.05, 0) is 37.3 Å². The van der Waals surface area contributed by atoms with Gasteiger partial charge in [-0.25, -0.2) is 9.97 Å². The fourth-order valence-electron chi connectivity index (χ4n) is 3.25. The Balaban J connectivity index is 1.47. The van der Waals surface area contributed by atoms with Gasteiger partial charge in [-0.3, -0.25) is 4.40 Å². The molecule has 4 heterocycles. The molecule has 0 saturated carbocycles. The average molecular weight is 349 g/mol. The van der Waals surface area contributed by atoms with Crippen LogP contribution in [-0.2, 0) is 6.67 Å². The molecule has 26 heavy (non-hydrogen) atoms. The number of pyridine rings is 2. The van der Waals surface area contributed by atoms with Crippen molar-refractivity contribution in [1.29, 1.82) is 0 Å². The molecule has 4 rings (SSSR count). The first kappa shape index (κ1) is 16.4. The molecular formula is C19H23N7. The maximum atomic E-state index is 5.76. The highest BCUT2D eigenvalue weighted by molar-refractivity contribution is 5.78. The molecule has 0 radical (unpaired) electrons.